The second-order valence-corrected chi connectivity index (χ2v) is 9.33. The quantitative estimate of drug-likeness (QED) is 0.353. The Balaban J connectivity index is 2.20. The van der Waals surface area contributed by atoms with E-state index < -0.39 is 0 Å². The van der Waals surface area contributed by atoms with Crippen LogP contribution in [0.1, 0.15) is 45.0 Å². The number of fused-ring (bicyclic) bond motifs is 1. The minimum atomic E-state index is -0.233. The van der Waals surface area contributed by atoms with Gasteiger partial charge in [-0.1, -0.05) is 41.4 Å². The Kier molecular flexibility index (Phi) is 6.81. The van der Waals surface area contributed by atoms with Gasteiger partial charge in [0.05, 0.1) is 27.7 Å². The Morgan fingerprint density at radius 1 is 1.17 bits per heavy atom. The van der Waals surface area contributed by atoms with Gasteiger partial charge in [-0.15, -0.1) is 0 Å². The molecule has 1 heterocycles. The summed E-state index contributed by atoms with van der Waals surface area (Å²) in [7, 11) is 0. The van der Waals surface area contributed by atoms with Gasteiger partial charge < -0.3 is 4.74 Å². The van der Waals surface area contributed by atoms with E-state index in [1.807, 2.05) is 39.8 Å². The minimum Gasteiger partial charge on any atom is -0.489 e. The van der Waals surface area contributed by atoms with Crippen molar-refractivity contribution in [1.29, 1.82) is 0 Å². The monoisotopic (exact) mass is 539 g/mol. The lowest BCUT2D eigenvalue weighted by Crippen LogP contribution is -2.23. The molecule has 3 aromatic rings. The summed E-state index contributed by atoms with van der Waals surface area (Å²) in [6.07, 6.45) is 1.54. The molecule has 0 saturated carbocycles. The van der Waals surface area contributed by atoms with Gasteiger partial charge in [-0.2, -0.15) is 9.78 Å². The molecule has 0 N–H and O–H groups in total. The lowest BCUT2D eigenvalue weighted by atomic mass is 10.2. The van der Waals surface area contributed by atoms with Crippen molar-refractivity contribution < 1.29 is 4.74 Å². The van der Waals surface area contributed by atoms with E-state index in [0.29, 0.717) is 33.1 Å². The van der Waals surface area contributed by atoms with Crippen LogP contribution in [-0.4, -0.2) is 22.0 Å². The van der Waals surface area contributed by atoms with Crippen LogP contribution < -0.4 is 10.3 Å². The predicted molar refractivity (Wildman–Crippen MR) is 126 cm³/mol. The number of hydrogen-bond donors (Lipinski definition) is 0. The zero-order valence-electron chi connectivity index (χ0n) is 16.4. The second-order valence-electron chi connectivity index (χ2n) is 7.12. The molecule has 5 nitrogen and oxygen atoms in total. The van der Waals surface area contributed by atoms with Crippen molar-refractivity contribution in [2.45, 2.75) is 39.7 Å². The third-order valence-electron chi connectivity index (χ3n) is 4.05. The van der Waals surface area contributed by atoms with Crippen LogP contribution in [0.2, 0.25) is 5.02 Å². The Labute approximate surface area is 191 Å². The molecule has 0 atom stereocenters. The third kappa shape index (κ3) is 4.90. The summed E-state index contributed by atoms with van der Waals surface area (Å²) in [4.78, 5) is 17.8. The number of halogens is 3. The van der Waals surface area contributed by atoms with Crippen LogP contribution in [0.15, 0.2) is 49.2 Å². The first-order valence-corrected chi connectivity index (χ1v) is 11.1. The topological polar surface area (TPSA) is 56.5 Å². The van der Waals surface area contributed by atoms with Gasteiger partial charge in [0.1, 0.15) is 11.6 Å². The maximum atomic E-state index is 13.1. The van der Waals surface area contributed by atoms with E-state index in [1.165, 1.54) is 4.68 Å². The van der Waals surface area contributed by atoms with Gasteiger partial charge in [0, 0.05) is 21.0 Å². The first-order chi connectivity index (χ1) is 13.7. The zero-order valence-corrected chi connectivity index (χ0v) is 20.3. The number of hydrogen-bond acceptors (Lipinski definition) is 4. The molecule has 0 aliphatic heterocycles. The zero-order chi connectivity index (χ0) is 21.3. The van der Waals surface area contributed by atoms with Gasteiger partial charge >= 0.3 is 0 Å². The molecule has 2 aromatic carbocycles. The molecule has 0 amide bonds. The van der Waals surface area contributed by atoms with Crippen LogP contribution in [0.5, 0.6) is 5.75 Å². The molecule has 8 heteroatoms. The van der Waals surface area contributed by atoms with Crippen molar-refractivity contribution in [3.8, 4) is 5.75 Å². The summed E-state index contributed by atoms with van der Waals surface area (Å²) in [5.74, 6) is 1.20. The molecular weight excluding hydrogens is 522 g/mol. The lowest BCUT2D eigenvalue weighted by molar-refractivity contribution is 0.240. The largest absolute Gasteiger partial charge is 0.489 e. The van der Waals surface area contributed by atoms with Crippen LogP contribution in [0.4, 0.5) is 0 Å². The maximum absolute atomic E-state index is 13.1. The second kappa shape index (κ2) is 8.98. The first kappa shape index (κ1) is 22.0. The van der Waals surface area contributed by atoms with Gasteiger partial charge in [0.15, 0.2) is 0 Å². The first-order valence-electron chi connectivity index (χ1n) is 9.09. The Morgan fingerprint density at radius 2 is 1.90 bits per heavy atom. The number of nitrogens with zero attached hydrogens (tertiary/aromatic N) is 3. The van der Waals surface area contributed by atoms with Crippen LogP contribution in [0.25, 0.3) is 10.9 Å². The summed E-state index contributed by atoms with van der Waals surface area (Å²) in [5.41, 5.74) is 1.07. The fraction of sp³-hybridized carbons (Fsp3) is 0.286. The average molecular weight is 542 g/mol. The van der Waals surface area contributed by atoms with Crippen LogP contribution in [-0.2, 0) is 0 Å². The smallest absolute Gasteiger partial charge is 0.282 e. The lowest BCUT2D eigenvalue weighted by Gasteiger charge is -2.15. The van der Waals surface area contributed by atoms with E-state index in [-0.39, 0.29) is 17.6 Å². The van der Waals surface area contributed by atoms with Crippen molar-refractivity contribution in [2.24, 2.45) is 5.10 Å². The number of aromatic nitrogens is 2. The van der Waals surface area contributed by atoms with Crippen molar-refractivity contribution in [3.05, 3.63) is 66.0 Å². The van der Waals surface area contributed by atoms with E-state index in [2.05, 4.69) is 41.9 Å². The van der Waals surface area contributed by atoms with Gasteiger partial charge in [-0.25, -0.2) is 4.98 Å². The SMILES string of the molecule is CC(C)Oc1c(Br)cc(Cl)cc1C=Nn1c(C(C)C)nc2ccc(Br)cc2c1=O. The van der Waals surface area contributed by atoms with Crippen molar-refractivity contribution >= 4 is 60.6 Å². The highest BCUT2D eigenvalue weighted by Gasteiger charge is 2.15. The fourth-order valence-electron chi connectivity index (χ4n) is 2.81. The van der Waals surface area contributed by atoms with Crippen LogP contribution in [0.3, 0.4) is 0 Å². The predicted octanol–water partition coefficient (Wildman–Crippen LogP) is 6.37. The maximum Gasteiger partial charge on any atom is 0.282 e. The molecule has 152 valence electrons. The average Bonchev–Trinajstić information content (AvgIpc) is 2.63. The van der Waals surface area contributed by atoms with Gasteiger partial charge in [-0.05, 0) is 60.1 Å². The van der Waals surface area contributed by atoms with Gasteiger partial charge in [-0.3, -0.25) is 4.79 Å². The molecular formula is C21H20Br2ClN3O2. The molecule has 0 unspecified atom stereocenters. The Hall–Kier alpha value is -1.70. The normalized spacial score (nSPS) is 11.9. The number of rotatable bonds is 5. The molecule has 0 aliphatic carbocycles. The summed E-state index contributed by atoms with van der Waals surface area (Å²) < 4.78 is 8.78. The highest BCUT2D eigenvalue weighted by Crippen LogP contribution is 2.32. The van der Waals surface area contributed by atoms with E-state index in [0.717, 1.165) is 8.95 Å². The molecule has 0 saturated heterocycles. The van der Waals surface area contributed by atoms with E-state index in [4.69, 9.17) is 16.3 Å². The molecule has 0 aliphatic rings. The van der Waals surface area contributed by atoms with Crippen LogP contribution in [0, 0.1) is 0 Å². The fourth-order valence-corrected chi connectivity index (χ4v) is 4.10. The molecule has 1 aromatic heterocycles. The summed E-state index contributed by atoms with van der Waals surface area (Å²) in [6, 6.07) is 8.95. The summed E-state index contributed by atoms with van der Waals surface area (Å²) >= 11 is 13.1. The standard InChI is InChI=1S/C21H20Br2ClN3O2/c1-11(2)20-26-18-6-5-14(22)8-16(18)21(28)27(20)25-10-13-7-15(24)9-17(23)19(13)29-12(3)4/h5-12H,1-4H3. The van der Waals surface area contributed by atoms with Crippen LogP contribution >= 0.6 is 43.5 Å². The van der Waals surface area contributed by atoms with E-state index in [9.17, 15) is 4.79 Å². The van der Waals surface area contributed by atoms with Gasteiger partial charge in [0.2, 0.25) is 0 Å². The molecule has 29 heavy (non-hydrogen) atoms. The van der Waals surface area contributed by atoms with Crippen molar-refractivity contribution in [1.82, 2.24) is 9.66 Å². The van der Waals surface area contributed by atoms with Gasteiger partial charge in [0.25, 0.3) is 5.56 Å². The Morgan fingerprint density at radius 3 is 2.55 bits per heavy atom. The van der Waals surface area contributed by atoms with Crippen molar-refractivity contribution in [3.63, 3.8) is 0 Å². The van der Waals surface area contributed by atoms with Crippen molar-refractivity contribution in [2.75, 3.05) is 0 Å². The summed E-state index contributed by atoms with van der Waals surface area (Å²) in [6.45, 7) is 7.83. The van der Waals surface area contributed by atoms with E-state index in [1.54, 1.807) is 24.4 Å². The summed E-state index contributed by atoms with van der Waals surface area (Å²) in [5, 5.41) is 5.50. The molecule has 0 spiro atoms. The Bertz CT molecular complexity index is 1160. The molecule has 0 radical (unpaired) electrons. The minimum absolute atomic E-state index is 0.00498. The molecule has 3 rings (SSSR count). The highest BCUT2D eigenvalue weighted by atomic mass is 79.9. The highest BCUT2D eigenvalue weighted by molar-refractivity contribution is 9.10. The van der Waals surface area contributed by atoms with E-state index >= 15 is 0 Å². The third-order valence-corrected chi connectivity index (χ3v) is 5.35. The molecule has 0 bridgehead atoms. The number of ether oxygens (including phenoxy) is 1. The number of benzene rings is 2. The molecule has 0 fully saturated rings.